The van der Waals surface area contributed by atoms with E-state index in [0.717, 1.165) is 5.01 Å². The molecule has 0 unspecified atom stereocenters. The van der Waals surface area contributed by atoms with E-state index in [1.54, 1.807) is 50.2 Å². The van der Waals surface area contributed by atoms with Gasteiger partial charge in [-0.15, -0.1) is 0 Å². The fourth-order valence-corrected chi connectivity index (χ4v) is 2.20. The molecule has 114 valence electrons. The predicted octanol–water partition coefficient (Wildman–Crippen LogP) is 3.05. The van der Waals surface area contributed by atoms with Gasteiger partial charge >= 0.3 is 0 Å². The molecule has 0 saturated heterocycles. The highest BCUT2D eigenvalue weighted by molar-refractivity contribution is 5.98. The zero-order chi connectivity index (χ0) is 16.2. The lowest BCUT2D eigenvalue weighted by molar-refractivity contribution is 0.0514. The van der Waals surface area contributed by atoms with Crippen molar-refractivity contribution in [3.8, 4) is 0 Å². The van der Waals surface area contributed by atoms with Gasteiger partial charge in [-0.1, -0.05) is 48.5 Å². The van der Waals surface area contributed by atoms with Crippen LogP contribution in [0, 0.1) is 0 Å². The topological polar surface area (TPSA) is 63.4 Å². The van der Waals surface area contributed by atoms with Crippen LogP contribution in [-0.2, 0) is 0 Å². The van der Waals surface area contributed by atoms with Crippen LogP contribution in [-0.4, -0.2) is 22.2 Å². The molecule has 2 rings (SSSR count). The summed E-state index contributed by atoms with van der Waals surface area (Å²) < 4.78 is 0. The number of carbonyl (C=O) groups excluding carboxylic acids is 2. The summed E-state index contributed by atoms with van der Waals surface area (Å²) in [7, 11) is 0. The van der Waals surface area contributed by atoms with Crippen LogP contribution >= 0.6 is 0 Å². The van der Waals surface area contributed by atoms with E-state index in [4.69, 9.17) is 5.84 Å². The smallest absolute Gasteiger partial charge is 0.268 e. The minimum Gasteiger partial charge on any atom is -0.294 e. The van der Waals surface area contributed by atoms with E-state index < -0.39 is 5.54 Å². The monoisotopic (exact) mass is 296 g/mol. The van der Waals surface area contributed by atoms with Gasteiger partial charge in [0.2, 0.25) is 0 Å². The van der Waals surface area contributed by atoms with E-state index in [-0.39, 0.29) is 18.1 Å². The van der Waals surface area contributed by atoms with Crippen LogP contribution in [0.4, 0.5) is 0 Å². The summed E-state index contributed by atoms with van der Waals surface area (Å²) in [6.45, 7) is 3.57. The Morgan fingerprint density at radius 1 is 0.909 bits per heavy atom. The fraction of sp³-hybridized carbons (Fsp3) is 0.222. The van der Waals surface area contributed by atoms with E-state index >= 15 is 0 Å². The second kappa shape index (κ2) is 6.54. The summed E-state index contributed by atoms with van der Waals surface area (Å²) in [4.78, 5) is 24.7. The van der Waals surface area contributed by atoms with Gasteiger partial charge in [-0.3, -0.25) is 14.6 Å². The van der Waals surface area contributed by atoms with E-state index in [1.807, 2.05) is 24.3 Å². The van der Waals surface area contributed by atoms with E-state index in [1.165, 1.54) is 0 Å². The third kappa shape index (κ3) is 3.59. The molecule has 4 heteroatoms. The Morgan fingerprint density at radius 2 is 1.36 bits per heavy atom. The molecule has 0 aliphatic carbocycles. The Kier molecular flexibility index (Phi) is 4.73. The van der Waals surface area contributed by atoms with E-state index in [9.17, 15) is 9.59 Å². The molecule has 0 fully saturated rings. The molecule has 1 amide bonds. The van der Waals surface area contributed by atoms with Crippen LogP contribution in [0.3, 0.4) is 0 Å². The van der Waals surface area contributed by atoms with Crippen LogP contribution in [0.5, 0.6) is 0 Å². The van der Waals surface area contributed by atoms with Gasteiger partial charge in [-0.05, 0) is 26.0 Å². The molecule has 0 aliphatic rings. The zero-order valence-electron chi connectivity index (χ0n) is 12.8. The van der Waals surface area contributed by atoms with Crippen molar-refractivity contribution in [2.75, 3.05) is 0 Å². The Hall–Kier alpha value is -2.46. The molecule has 0 radical (unpaired) electrons. The molecule has 0 spiro atoms. The number of hydrogen-bond donors (Lipinski definition) is 1. The first-order chi connectivity index (χ1) is 10.4. The molecule has 2 aromatic rings. The summed E-state index contributed by atoms with van der Waals surface area (Å²) >= 11 is 0. The number of benzene rings is 2. The highest BCUT2D eigenvalue weighted by atomic mass is 16.2. The zero-order valence-corrected chi connectivity index (χ0v) is 12.8. The van der Waals surface area contributed by atoms with Crippen LogP contribution in [0.1, 0.15) is 41.0 Å². The number of ketones is 1. The van der Waals surface area contributed by atoms with Crippen molar-refractivity contribution < 1.29 is 9.59 Å². The van der Waals surface area contributed by atoms with Crippen LogP contribution in [0.25, 0.3) is 0 Å². The van der Waals surface area contributed by atoms with Crippen molar-refractivity contribution >= 4 is 11.7 Å². The molecule has 0 bridgehead atoms. The van der Waals surface area contributed by atoms with Gasteiger partial charge in [0.15, 0.2) is 5.78 Å². The second-order valence-corrected chi connectivity index (χ2v) is 5.82. The quantitative estimate of drug-likeness (QED) is 0.399. The maximum absolute atomic E-state index is 12.4. The second-order valence-electron chi connectivity index (χ2n) is 5.82. The average molecular weight is 296 g/mol. The standard InChI is InChI=1S/C18H20N2O2/c1-18(2,13-16(21)14-9-5-3-6-10-14)20(19)17(22)15-11-7-4-8-12-15/h3-12H,13,19H2,1-2H3. The minimum absolute atomic E-state index is 0.0399. The highest BCUT2D eigenvalue weighted by Crippen LogP contribution is 2.21. The van der Waals surface area contributed by atoms with Gasteiger partial charge in [0.1, 0.15) is 0 Å². The summed E-state index contributed by atoms with van der Waals surface area (Å²) in [6.07, 6.45) is 0.159. The molecule has 0 atom stereocenters. The average Bonchev–Trinajstić information content (AvgIpc) is 2.54. The molecule has 2 N–H and O–H groups in total. The number of amides is 1. The number of hydrogen-bond acceptors (Lipinski definition) is 3. The van der Waals surface area contributed by atoms with Crippen LogP contribution < -0.4 is 5.84 Å². The summed E-state index contributed by atoms with van der Waals surface area (Å²) in [5, 5.41) is 1.14. The summed E-state index contributed by atoms with van der Waals surface area (Å²) in [5.41, 5.74) is 0.348. The van der Waals surface area contributed by atoms with Crippen molar-refractivity contribution in [3.63, 3.8) is 0 Å². The highest BCUT2D eigenvalue weighted by Gasteiger charge is 2.32. The van der Waals surface area contributed by atoms with Crippen molar-refractivity contribution in [3.05, 3.63) is 71.8 Å². The summed E-state index contributed by atoms with van der Waals surface area (Å²) in [5.74, 6) is 5.65. The molecule has 0 aliphatic heterocycles. The van der Waals surface area contributed by atoms with Crippen LogP contribution in [0.2, 0.25) is 0 Å². The Balaban J connectivity index is 2.12. The summed E-state index contributed by atoms with van der Waals surface area (Å²) in [6, 6.07) is 17.8. The molecule has 22 heavy (non-hydrogen) atoms. The molecule has 0 saturated carbocycles. The van der Waals surface area contributed by atoms with Crippen molar-refractivity contribution in [1.82, 2.24) is 5.01 Å². The number of carbonyl (C=O) groups is 2. The maximum atomic E-state index is 12.4. The van der Waals surface area contributed by atoms with Crippen molar-refractivity contribution in [1.29, 1.82) is 0 Å². The van der Waals surface area contributed by atoms with Gasteiger partial charge in [-0.25, -0.2) is 5.84 Å². The van der Waals surface area contributed by atoms with Gasteiger partial charge in [0.05, 0.1) is 5.54 Å². The molecule has 0 heterocycles. The van der Waals surface area contributed by atoms with E-state index in [2.05, 4.69) is 0 Å². The van der Waals surface area contributed by atoms with Crippen molar-refractivity contribution in [2.45, 2.75) is 25.8 Å². The third-order valence-corrected chi connectivity index (χ3v) is 3.58. The first-order valence-electron chi connectivity index (χ1n) is 7.14. The molecular formula is C18H20N2O2. The number of Topliss-reactive ketones (excluding diaryl/α,β-unsaturated/α-hetero) is 1. The fourth-order valence-electron chi connectivity index (χ4n) is 2.20. The lowest BCUT2D eigenvalue weighted by atomic mass is 9.93. The SMILES string of the molecule is CC(C)(CC(=O)c1ccccc1)N(N)C(=O)c1ccccc1. The van der Waals surface area contributed by atoms with E-state index in [0.29, 0.717) is 11.1 Å². The minimum atomic E-state index is -0.778. The molecular weight excluding hydrogens is 276 g/mol. The maximum Gasteiger partial charge on any atom is 0.268 e. The third-order valence-electron chi connectivity index (χ3n) is 3.58. The lowest BCUT2D eigenvalue weighted by Crippen LogP contribution is -2.53. The number of hydrazine groups is 1. The van der Waals surface area contributed by atoms with Crippen molar-refractivity contribution in [2.24, 2.45) is 5.84 Å². The van der Waals surface area contributed by atoms with Gasteiger partial charge in [-0.2, -0.15) is 0 Å². The van der Waals surface area contributed by atoms with Gasteiger partial charge in [0.25, 0.3) is 5.91 Å². The normalized spacial score (nSPS) is 11.0. The Bertz CT molecular complexity index is 651. The Labute approximate surface area is 130 Å². The first kappa shape index (κ1) is 15.9. The molecule has 0 aromatic heterocycles. The number of nitrogens with zero attached hydrogens (tertiary/aromatic N) is 1. The first-order valence-corrected chi connectivity index (χ1v) is 7.14. The van der Waals surface area contributed by atoms with Gasteiger partial charge < -0.3 is 0 Å². The Morgan fingerprint density at radius 3 is 1.86 bits per heavy atom. The largest absolute Gasteiger partial charge is 0.294 e. The van der Waals surface area contributed by atoms with Gasteiger partial charge in [0, 0.05) is 17.5 Å². The predicted molar refractivity (Wildman–Crippen MR) is 86.3 cm³/mol. The lowest BCUT2D eigenvalue weighted by Gasteiger charge is -2.34. The molecule has 2 aromatic carbocycles. The van der Waals surface area contributed by atoms with Crippen LogP contribution in [0.15, 0.2) is 60.7 Å². The molecule has 4 nitrogen and oxygen atoms in total. The number of nitrogens with two attached hydrogens (primary N) is 1. The number of rotatable bonds is 5.